The summed E-state index contributed by atoms with van der Waals surface area (Å²) < 4.78 is 31.9. The minimum atomic E-state index is -0.586. The second-order valence-electron chi connectivity index (χ2n) is 10.9. The molecule has 0 radical (unpaired) electrons. The molecular formula is C26H35F2N9O. The summed E-state index contributed by atoms with van der Waals surface area (Å²) in [6.07, 6.45) is 7.24. The fourth-order valence-electron chi connectivity index (χ4n) is 5.40. The highest BCUT2D eigenvalue weighted by molar-refractivity contribution is 5.62. The average Bonchev–Trinajstić information content (AvgIpc) is 3.52. The second-order valence-corrected chi connectivity index (χ2v) is 10.9. The van der Waals surface area contributed by atoms with Crippen LogP contribution in [0.4, 0.5) is 26.2 Å². The van der Waals surface area contributed by atoms with Crippen molar-refractivity contribution in [2.75, 3.05) is 23.7 Å². The Morgan fingerprint density at radius 1 is 1.13 bits per heavy atom. The van der Waals surface area contributed by atoms with Gasteiger partial charge in [0, 0.05) is 25.2 Å². The monoisotopic (exact) mass is 527 g/mol. The number of nitrogens with zero attached hydrogens (tertiary/aromatic N) is 7. The molecule has 2 N–H and O–H groups in total. The van der Waals surface area contributed by atoms with Gasteiger partial charge < -0.3 is 10.6 Å². The summed E-state index contributed by atoms with van der Waals surface area (Å²) in [6.45, 7) is 8.27. The van der Waals surface area contributed by atoms with E-state index in [1.165, 1.54) is 32.0 Å². The Balaban J connectivity index is 1.33. The molecule has 0 amide bonds. The first kappa shape index (κ1) is 26.2. The Morgan fingerprint density at radius 2 is 1.92 bits per heavy atom. The van der Waals surface area contributed by atoms with E-state index < -0.39 is 17.3 Å². The number of anilines is 3. The molecule has 5 rings (SSSR count). The van der Waals surface area contributed by atoms with Crippen molar-refractivity contribution in [3.63, 3.8) is 0 Å². The first-order chi connectivity index (χ1) is 18.2. The van der Waals surface area contributed by atoms with E-state index >= 15 is 4.39 Å². The number of likely N-dealkylation sites (tertiary alicyclic amines) is 1. The molecule has 2 aliphatic rings. The van der Waals surface area contributed by atoms with Crippen LogP contribution in [-0.4, -0.2) is 59.3 Å². The zero-order valence-corrected chi connectivity index (χ0v) is 22.3. The fraction of sp³-hybridized carbons (Fsp3) is 0.577. The van der Waals surface area contributed by atoms with Gasteiger partial charge in [0.2, 0.25) is 5.95 Å². The third kappa shape index (κ3) is 5.27. The summed E-state index contributed by atoms with van der Waals surface area (Å²) in [6, 6.07) is 3.49. The van der Waals surface area contributed by atoms with Crippen molar-refractivity contribution in [2.45, 2.75) is 76.8 Å². The smallest absolute Gasteiger partial charge is 0.367 e. The molecule has 1 aromatic carbocycles. The van der Waals surface area contributed by atoms with Crippen molar-refractivity contribution in [1.29, 1.82) is 0 Å². The molecule has 10 nitrogen and oxygen atoms in total. The van der Waals surface area contributed by atoms with E-state index in [0.29, 0.717) is 23.8 Å². The van der Waals surface area contributed by atoms with Crippen molar-refractivity contribution in [1.82, 2.24) is 34.7 Å². The van der Waals surface area contributed by atoms with Gasteiger partial charge in [0.1, 0.15) is 5.82 Å². The number of aromatic nitrogens is 6. The number of tetrazole rings is 1. The fourth-order valence-corrected chi connectivity index (χ4v) is 5.40. The van der Waals surface area contributed by atoms with Crippen LogP contribution < -0.4 is 16.3 Å². The Bertz CT molecular complexity index is 1370. The molecule has 3 heterocycles. The van der Waals surface area contributed by atoms with Gasteiger partial charge in [-0.25, -0.2) is 18.6 Å². The predicted molar refractivity (Wildman–Crippen MR) is 141 cm³/mol. The maximum Gasteiger partial charge on any atom is 0.368 e. The highest BCUT2D eigenvalue weighted by atomic mass is 19.1. The molecular weight excluding hydrogens is 492 g/mol. The van der Waals surface area contributed by atoms with Gasteiger partial charge in [-0.15, -0.1) is 0 Å². The molecule has 0 unspecified atom stereocenters. The zero-order valence-electron chi connectivity index (χ0n) is 22.3. The molecule has 12 heteroatoms. The van der Waals surface area contributed by atoms with E-state index in [-0.39, 0.29) is 28.9 Å². The van der Waals surface area contributed by atoms with E-state index in [9.17, 15) is 9.18 Å². The van der Waals surface area contributed by atoms with Crippen molar-refractivity contribution in [3.8, 4) is 5.69 Å². The number of halogens is 2. The average molecular weight is 528 g/mol. The van der Waals surface area contributed by atoms with Gasteiger partial charge in [0.15, 0.2) is 11.6 Å². The van der Waals surface area contributed by atoms with Crippen LogP contribution in [0.3, 0.4) is 0 Å². The van der Waals surface area contributed by atoms with Gasteiger partial charge in [-0.2, -0.15) is 14.3 Å². The minimum absolute atomic E-state index is 0.0317. The SMILES string of the molecule is CC[C@H]1CCCN1C(C)(C)CCNc1nc(Nc2cc(-n3nnn(C)c3=O)c(C3CC3)cc2F)ncc1F. The van der Waals surface area contributed by atoms with Crippen LogP contribution in [0.2, 0.25) is 0 Å². The Kier molecular flexibility index (Phi) is 7.17. The van der Waals surface area contributed by atoms with Crippen molar-refractivity contribution < 1.29 is 8.78 Å². The van der Waals surface area contributed by atoms with Crippen LogP contribution in [0.25, 0.3) is 5.69 Å². The summed E-state index contributed by atoms with van der Waals surface area (Å²) in [4.78, 5) is 23.3. The lowest BCUT2D eigenvalue weighted by Gasteiger charge is -2.40. The third-order valence-corrected chi connectivity index (χ3v) is 7.73. The molecule has 1 saturated heterocycles. The Labute approximate surface area is 220 Å². The van der Waals surface area contributed by atoms with E-state index in [1.807, 2.05) is 0 Å². The number of rotatable bonds is 10. The van der Waals surface area contributed by atoms with Gasteiger partial charge in [0.05, 0.1) is 17.6 Å². The van der Waals surface area contributed by atoms with Gasteiger partial charge in [-0.05, 0) is 93.0 Å². The number of nitrogens with one attached hydrogen (secondary N) is 2. The molecule has 2 fully saturated rings. The summed E-state index contributed by atoms with van der Waals surface area (Å²) in [7, 11) is 1.50. The predicted octanol–water partition coefficient (Wildman–Crippen LogP) is 4.11. The third-order valence-electron chi connectivity index (χ3n) is 7.73. The Hall–Kier alpha value is -3.41. The van der Waals surface area contributed by atoms with Crippen LogP contribution in [-0.2, 0) is 7.05 Å². The van der Waals surface area contributed by atoms with E-state index in [0.717, 1.165) is 47.8 Å². The molecule has 2 aromatic heterocycles. The summed E-state index contributed by atoms with van der Waals surface area (Å²) in [5, 5.41) is 13.6. The maximum atomic E-state index is 15.1. The molecule has 1 saturated carbocycles. The molecule has 1 aliphatic carbocycles. The van der Waals surface area contributed by atoms with Crippen molar-refractivity contribution >= 4 is 17.5 Å². The standard InChI is InChI=1S/C26H35F2N9O/c1-5-17-7-6-12-36(17)26(2,3)10-11-29-23-20(28)15-30-24(32-23)31-21-14-22(37-25(38)35(4)33-34-37)18(13-19(21)27)16-8-9-16/h13-17H,5-12H2,1-4H3,(H2,29,30,31,32)/t17-/m0/s1. The quantitative estimate of drug-likeness (QED) is 0.406. The zero-order chi connectivity index (χ0) is 27.0. The lowest BCUT2D eigenvalue weighted by atomic mass is 9.96. The molecule has 3 aromatic rings. The minimum Gasteiger partial charge on any atom is -0.367 e. The number of hydrogen-bond acceptors (Lipinski definition) is 8. The molecule has 1 aliphatic heterocycles. The number of benzene rings is 1. The van der Waals surface area contributed by atoms with Crippen LogP contribution >= 0.6 is 0 Å². The highest BCUT2D eigenvalue weighted by Crippen LogP contribution is 2.44. The topological polar surface area (TPSA) is 106 Å². The highest BCUT2D eigenvalue weighted by Gasteiger charge is 2.34. The van der Waals surface area contributed by atoms with Gasteiger partial charge in [-0.3, -0.25) is 4.90 Å². The molecule has 0 spiro atoms. The number of hydrogen-bond donors (Lipinski definition) is 2. The van der Waals surface area contributed by atoms with Crippen LogP contribution in [0.15, 0.2) is 23.1 Å². The van der Waals surface area contributed by atoms with Crippen LogP contribution in [0.1, 0.15) is 70.8 Å². The molecule has 0 bridgehead atoms. The normalized spacial score (nSPS) is 18.2. The van der Waals surface area contributed by atoms with E-state index in [4.69, 9.17) is 0 Å². The maximum absolute atomic E-state index is 15.1. The lowest BCUT2D eigenvalue weighted by molar-refractivity contribution is 0.0976. The summed E-state index contributed by atoms with van der Waals surface area (Å²) >= 11 is 0. The number of aryl methyl sites for hydroxylation is 1. The van der Waals surface area contributed by atoms with Crippen molar-refractivity contribution in [3.05, 3.63) is 46.0 Å². The van der Waals surface area contributed by atoms with Gasteiger partial charge in [-0.1, -0.05) is 6.92 Å². The first-order valence-electron chi connectivity index (χ1n) is 13.3. The second kappa shape index (κ2) is 10.4. The van der Waals surface area contributed by atoms with Crippen LogP contribution in [0.5, 0.6) is 0 Å². The molecule has 38 heavy (non-hydrogen) atoms. The van der Waals surface area contributed by atoms with Crippen LogP contribution in [0, 0.1) is 11.6 Å². The summed E-state index contributed by atoms with van der Waals surface area (Å²) in [5.41, 5.74) is 0.737. The largest absolute Gasteiger partial charge is 0.368 e. The van der Waals surface area contributed by atoms with E-state index in [2.05, 4.69) is 56.7 Å². The molecule has 1 atom stereocenters. The van der Waals surface area contributed by atoms with E-state index in [1.54, 1.807) is 0 Å². The first-order valence-corrected chi connectivity index (χ1v) is 13.3. The van der Waals surface area contributed by atoms with Gasteiger partial charge >= 0.3 is 5.69 Å². The van der Waals surface area contributed by atoms with Gasteiger partial charge in [0.25, 0.3) is 0 Å². The molecule has 204 valence electrons. The Morgan fingerprint density at radius 3 is 2.61 bits per heavy atom. The summed E-state index contributed by atoms with van der Waals surface area (Å²) in [5.74, 6) is -0.857. The lowest BCUT2D eigenvalue weighted by Crippen LogP contribution is -2.47. The van der Waals surface area contributed by atoms with Crippen molar-refractivity contribution in [2.24, 2.45) is 7.05 Å².